The van der Waals surface area contributed by atoms with E-state index >= 15 is 0 Å². The minimum atomic E-state index is -0.236. The Morgan fingerprint density at radius 2 is 1.82 bits per heavy atom. The third kappa shape index (κ3) is 4.57. The predicted octanol–water partition coefficient (Wildman–Crippen LogP) is 3.23. The van der Waals surface area contributed by atoms with Crippen LogP contribution in [0.3, 0.4) is 0 Å². The van der Waals surface area contributed by atoms with Gasteiger partial charge in [0.2, 0.25) is 17.8 Å². The molecule has 5 rings (SSSR count). The van der Waals surface area contributed by atoms with Crippen LogP contribution in [0, 0.1) is 0 Å². The summed E-state index contributed by atoms with van der Waals surface area (Å²) < 4.78 is 0. The fraction of sp³-hybridized carbons (Fsp3) is 0.400. The third-order valence-electron chi connectivity index (χ3n) is 6.65. The van der Waals surface area contributed by atoms with E-state index in [1.165, 1.54) is 0 Å². The first-order valence-corrected chi connectivity index (χ1v) is 11.7. The van der Waals surface area contributed by atoms with E-state index in [0.29, 0.717) is 6.42 Å². The number of carbonyl (C=O) groups excluding carboxylic acids is 2. The first kappa shape index (κ1) is 21.5. The Morgan fingerprint density at radius 3 is 2.58 bits per heavy atom. The summed E-state index contributed by atoms with van der Waals surface area (Å²) in [5, 5.41) is 3.03. The van der Waals surface area contributed by atoms with Gasteiger partial charge in [-0.25, -0.2) is 4.98 Å². The van der Waals surface area contributed by atoms with Crippen LogP contribution in [0.15, 0.2) is 48.5 Å². The second kappa shape index (κ2) is 9.23. The van der Waals surface area contributed by atoms with Crippen LogP contribution in [0.2, 0.25) is 0 Å². The molecule has 0 spiro atoms. The van der Waals surface area contributed by atoms with Gasteiger partial charge >= 0.3 is 0 Å². The summed E-state index contributed by atoms with van der Waals surface area (Å²) in [7, 11) is 0. The lowest BCUT2D eigenvalue weighted by atomic mass is 10.2. The average Bonchev–Trinajstić information content (AvgIpc) is 3.38. The molecule has 1 aromatic heterocycles. The van der Waals surface area contributed by atoms with Crippen LogP contribution in [-0.4, -0.2) is 65.4 Å². The molecule has 3 heterocycles. The first-order chi connectivity index (χ1) is 16.1. The number of anilines is 3. The molecule has 2 fully saturated rings. The van der Waals surface area contributed by atoms with Crippen molar-refractivity contribution in [2.75, 3.05) is 47.8 Å². The van der Waals surface area contributed by atoms with Crippen molar-refractivity contribution < 1.29 is 9.59 Å². The van der Waals surface area contributed by atoms with Crippen molar-refractivity contribution in [1.29, 1.82) is 0 Å². The van der Waals surface area contributed by atoms with Gasteiger partial charge in [0.05, 0.1) is 17.1 Å². The van der Waals surface area contributed by atoms with Crippen LogP contribution < -0.4 is 15.1 Å². The molecule has 3 aromatic rings. The van der Waals surface area contributed by atoms with Gasteiger partial charge in [0.15, 0.2) is 0 Å². The zero-order valence-corrected chi connectivity index (χ0v) is 19.0. The molecule has 0 bridgehead atoms. The van der Waals surface area contributed by atoms with E-state index in [0.717, 1.165) is 73.9 Å². The molecule has 1 unspecified atom stereocenters. The fourth-order valence-corrected chi connectivity index (χ4v) is 4.68. The highest BCUT2D eigenvalue weighted by Gasteiger charge is 2.25. The van der Waals surface area contributed by atoms with E-state index in [2.05, 4.69) is 20.1 Å². The number of aromatic nitrogens is 2. The third-order valence-corrected chi connectivity index (χ3v) is 6.65. The standard InChI is InChI=1S/C25H30N6O2/c1-18(24(33)26-19-9-11-20(12-10-19)31-15-4-8-23(31)32)29-13-5-14-30(17-16-29)25-27-21-6-2-3-7-22(21)28-25/h2-3,6-7,9-12,18H,4-5,8,13-17H2,1H3,(H,26,33)(H,27,28). The number of rotatable bonds is 5. The van der Waals surface area contributed by atoms with Gasteiger partial charge in [-0.3, -0.25) is 14.5 Å². The van der Waals surface area contributed by atoms with Crippen molar-refractivity contribution in [3.63, 3.8) is 0 Å². The zero-order chi connectivity index (χ0) is 22.8. The monoisotopic (exact) mass is 446 g/mol. The van der Waals surface area contributed by atoms with Crippen LogP contribution in [0.25, 0.3) is 11.0 Å². The van der Waals surface area contributed by atoms with E-state index in [9.17, 15) is 9.59 Å². The molecule has 8 nitrogen and oxygen atoms in total. The van der Waals surface area contributed by atoms with Gasteiger partial charge in [-0.1, -0.05) is 12.1 Å². The number of para-hydroxylation sites is 2. The minimum Gasteiger partial charge on any atom is -0.341 e. The summed E-state index contributed by atoms with van der Waals surface area (Å²) in [6.07, 6.45) is 2.48. The number of benzene rings is 2. The largest absolute Gasteiger partial charge is 0.341 e. The van der Waals surface area contributed by atoms with E-state index in [-0.39, 0.29) is 17.9 Å². The van der Waals surface area contributed by atoms with Crippen LogP contribution in [-0.2, 0) is 9.59 Å². The number of H-pyrrole nitrogens is 1. The average molecular weight is 447 g/mol. The lowest BCUT2D eigenvalue weighted by molar-refractivity contribution is -0.120. The Labute approximate surface area is 193 Å². The molecule has 2 N–H and O–H groups in total. The van der Waals surface area contributed by atoms with Gasteiger partial charge < -0.3 is 20.1 Å². The highest BCUT2D eigenvalue weighted by Crippen LogP contribution is 2.23. The molecule has 0 saturated carbocycles. The lowest BCUT2D eigenvalue weighted by Gasteiger charge is -2.27. The van der Waals surface area contributed by atoms with Crippen molar-refractivity contribution in [2.45, 2.75) is 32.2 Å². The summed E-state index contributed by atoms with van der Waals surface area (Å²) in [5.41, 5.74) is 3.66. The number of imidazole rings is 1. The smallest absolute Gasteiger partial charge is 0.241 e. The molecule has 1 atom stereocenters. The molecule has 172 valence electrons. The van der Waals surface area contributed by atoms with Gasteiger partial charge in [-0.15, -0.1) is 0 Å². The minimum absolute atomic E-state index is 0.0165. The van der Waals surface area contributed by atoms with Gasteiger partial charge in [0, 0.05) is 50.5 Å². The van der Waals surface area contributed by atoms with E-state index in [1.807, 2.05) is 55.5 Å². The summed E-state index contributed by atoms with van der Waals surface area (Å²) in [4.78, 5) is 39.3. The second-order valence-corrected chi connectivity index (χ2v) is 8.82. The number of carbonyl (C=O) groups is 2. The Balaban J connectivity index is 1.18. The Bertz CT molecular complexity index is 1110. The van der Waals surface area contributed by atoms with Crippen molar-refractivity contribution in [3.05, 3.63) is 48.5 Å². The van der Waals surface area contributed by atoms with E-state index in [1.54, 1.807) is 4.90 Å². The fourth-order valence-electron chi connectivity index (χ4n) is 4.68. The quantitative estimate of drug-likeness (QED) is 0.629. The molecular weight excluding hydrogens is 416 g/mol. The summed E-state index contributed by atoms with van der Waals surface area (Å²) in [6.45, 7) is 6.10. The topological polar surface area (TPSA) is 84.6 Å². The highest BCUT2D eigenvalue weighted by molar-refractivity contribution is 5.97. The van der Waals surface area contributed by atoms with Crippen LogP contribution in [0.4, 0.5) is 17.3 Å². The number of hydrogen-bond acceptors (Lipinski definition) is 5. The van der Waals surface area contributed by atoms with Gasteiger partial charge in [-0.05, 0) is 56.2 Å². The molecule has 2 aliphatic rings. The first-order valence-electron chi connectivity index (χ1n) is 11.7. The maximum atomic E-state index is 12.9. The Morgan fingerprint density at radius 1 is 1.00 bits per heavy atom. The number of amides is 2. The van der Waals surface area contributed by atoms with Gasteiger partial charge in [0.25, 0.3) is 0 Å². The summed E-state index contributed by atoms with van der Waals surface area (Å²) >= 11 is 0. The maximum Gasteiger partial charge on any atom is 0.241 e. The summed E-state index contributed by atoms with van der Waals surface area (Å²) in [6, 6.07) is 15.4. The van der Waals surface area contributed by atoms with Crippen molar-refractivity contribution in [2.24, 2.45) is 0 Å². The molecule has 2 aliphatic heterocycles. The number of aromatic amines is 1. The number of nitrogens with one attached hydrogen (secondary N) is 2. The Kier molecular flexibility index (Phi) is 6.00. The molecular formula is C25H30N6O2. The summed E-state index contributed by atoms with van der Waals surface area (Å²) in [5.74, 6) is 1.04. The number of fused-ring (bicyclic) bond motifs is 1. The number of hydrogen-bond donors (Lipinski definition) is 2. The molecule has 2 saturated heterocycles. The Hall–Kier alpha value is -3.39. The van der Waals surface area contributed by atoms with Crippen molar-refractivity contribution >= 4 is 40.2 Å². The molecule has 2 amide bonds. The maximum absolute atomic E-state index is 12.9. The predicted molar refractivity (Wildman–Crippen MR) is 131 cm³/mol. The van der Waals surface area contributed by atoms with Crippen LogP contribution in [0.1, 0.15) is 26.2 Å². The van der Waals surface area contributed by atoms with Crippen LogP contribution in [0.5, 0.6) is 0 Å². The number of nitrogens with zero attached hydrogens (tertiary/aromatic N) is 4. The SMILES string of the molecule is CC(C(=O)Nc1ccc(N2CCCC2=O)cc1)N1CCCN(c2nc3ccccc3[nH]2)CC1. The second-order valence-electron chi connectivity index (χ2n) is 8.82. The highest BCUT2D eigenvalue weighted by atomic mass is 16.2. The van der Waals surface area contributed by atoms with E-state index < -0.39 is 0 Å². The van der Waals surface area contributed by atoms with Crippen molar-refractivity contribution in [1.82, 2.24) is 14.9 Å². The molecule has 0 radical (unpaired) electrons. The van der Waals surface area contributed by atoms with Crippen molar-refractivity contribution in [3.8, 4) is 0 Å². The molecule has 2 aromatic carbocycles. The molecule has 0 aliphatic carbocycles. The van der Waals surface area contributed by atoms with Crippen LogP contribution >= 0.6 is 0 Å². The normalized spacial score (nSPS) is 18.5. The lowest BCUT2D eigenvalue weighted by Crippen LogP contribution is -2.44. The zero-order valence-electron chi connectivity index (χ0n) is 19.0. The van der Waals surface area contributed by atoms with E-state index in [4.69, 9.17) is 4.98 Å². The van der Waals surface area contributed by atoms with Gasteiger partial charge in [0.1, 0.15) is 0 Å². The van der Waals surface area contributed by atoms with Gasteiger partial charge in [-0.2, -0.15) is 0 Å². The molecule has 33 heavy (non-hydrogen) atoms. The molecule has 8 heteroatoms.